The topological polar surface area (TPSA) is 33.1 Å². The van der Waals surface area contributed by atoms with Gasteiger partial charge in [-0.2, -0.15) is 5.10 Å². The summed E-state index contributed by atoms with van der Waals surface area (Å²) in [6.07, 6.45) is 1.31. The van der Waals surface area contributed by atoms with E-state index < -0.39 is 0 Å². The highest BCUT2D eigenvalue weighted by molar-refractivity contribution is 5.81. The third-order valence-electron chi connectivity index (χ3n) is 4.05. The number of rotatable bonds is 4. The molecule has 0 spiro atoms. The summed E-state index contributed by atoms with van der Waals surface area (Å²) in [7, 11) is 4.21. The zero-order chi connectivity index (χ0) is 13.2. The van der Waals surface area contributed by atoms with Gasteiger partial charge in [-0.25, -0.2) is 0 Å². The largest absolute Gasteiger partial charge is 0.311 e. The smallest absolute Gasteiger partial charge is 0.0841 e. The number of hydrogen-bond acceptors (Lipinski definition) is 3. The van der Waals surface area contributed by atoms with Gasteiger partial charge in [0.2, 0.25) is 0 Å². The Morgan fingerprint density at radius 3 is 2.95 bits per heavy atom. The van der Waals surface area contributed by atoms with Gasteiger partial charge in [-0.3, -0.25) is 4.68 Å². The highest BCUT2D eigenvalue weighted by Gasteiger charge is 2.18. The lowest BCUT2D eigenvalue weighted by Crippen LogP contribution is -2.25. The van der Waals surface area contributed by atoms with Crippen LogP contribution in [0.2, 0.25) is 0 Å². The van der Waals surface area contributed by atoms with Crippen molar-refractivity contribution in [1.29, 1.82) is 0 Å². The van der Waals surface area contributed by atoms with Gasteiger partial charge in [-0.1, -0.05) is 18.2 Å². The fourth-order valence-electron chi connectivity index (χ4n) is 3.01. The van der Waals surface area contributed by atoms with E-state index in [-0.39, 0.29) is 0 Å². The minimum atomic E-state index is 0.792. The van der Waals surface area contributed by atoms with E-state index in [1.165, 1.54) is 30.4 Å². The fraction of sp³-hybridized carbons (Fsp3) is 0.533. The number of aryl methyl sites for hydroxylation is 1. The van der Waals surface area contributed by atoms with E-state index in [2.05, 4.69) is 46.6 Å². The van der Waals surface area contributed by atoms with Gasteiger partial charge in [-0.15, -0.1) is 0 Å². The second-order valence-corrected chi connectivity index (χ2v) is 5.64. The predicted molar refractivity (Wildman–Crippen MR) is 78.0 cm³/mol. The minimum Gasteiger partial charge on any atom is -0.311 e. The Balaban J connectivity index is 1.62. The van der Waals surface area contributed by atoms with Crippen LogP contribution in [0.15, 0.2) is 24.3 Å². The van der Waals surface area contributed by atoms with Gasteiger partial charge in [0.1, 0.15) is 0 Å². The number of hydrogen-bond donors (Lipinski definition) is 1. The first-order chi connectivity index (χ1) is 9.24. The second-order valence-electron chi connectivity index (χ2n) is 5.64. The first-order valence-electron chi connectivity index (χ1n) is 7.04. The van der Waals surface area contributed by atoms with Crippen molar-refractivity contribution in [1.82, 2.24) is 20.0 Å². The van der Waals surface area contributed by atoms with E-state index in [4.69, 9.17) is 0 Å². The Kier molecular flexibility index (Phi) is 3.53. The molecule has 19 heavy (non-hydrogen) atoms. The van der Waals surface area contributed by atoms with Crippen LogP contribution < -0.4 is 5.32 Å². The number of nitrogens with zero attached hydrogens (tertiary/aromatic N) is 3. The van der Waals surface area contributed by atoms with Crippen molar-refractivity contribution in [2.24, 2.45) is 13.0 Å². The van der Waals surface area contributed by atoms with Crippen molar-refractivity contribution in [3.63, 3.8) is 0 Å². The molecule has 0 amide bonds. The summed E-state index contributed by atoms with van der Waals surface area (Å²) in [6, 6.07) is 8.43. The third kappa shape index (κ3) is 2.65. The molecule has 0 saturated carbocycles. The molecular weight excluding hydrogens is 236 g/mol. The Morgan fingerprint density at radius 2 is 2.16 bits per heavy atom. The average molecular weight is 258 g/mol. The lowest BCUT2D eigenvalue weighted by molar-refractivity contribution is 0.388. The van der Waals surface area contributed by atoms with Crippen molar-refractivity contribution >= 4 is 10.9 Å². The van der Waals surface area contributed by atoms with Crippen LogP contribution in [0.5, 0.6) is 0 Å². The Bertz CT molecular complexity index is 560. The van der Waals surface area contributed by atoms with Gasteiger partial charge in [0.25, 0.3) is 0 Å². The molecule has 1 unspecified atom stereocenters. The van der Waals surface area contributed by atoms with Crippen LogP contribution in [0.3, 0.4) is 0 Å². The third-order valence-corrected chi connectivity index (χ3v) is 4.05. The maximum absolute atomic E-state index is 4.61. The second kappa shape index (κ2) is 5.31. The Hall–Kier alpha value is -1.39. The summed E-state index contributed by atoms with van der Waals surface area (Å²) in [5.41, 5.74) is 2.37. The van der Waals surface area contributed by atoms with Crippen molar-refractivity contribution in [2.75, 3.05) is 26.7 Å². The molecule has 3 rings (SSSR count). The molecule has 0 bridgehead atoms. The van der Waals surface area contributed by atoms with E-state index in [1.54, 1.807) is 0 Å². The van der Waals surface area contributed by atoms with Crippen LogP contribution in [0.25, 0.3) is 10.9 Å². The molecular formula is C15H22N4. The molecule has 102 valence electrons. The monoisotopic (exact) mass is 258 g/mol. The lowest BCUT2D eigenvalue weighted by Gasteiger charge is -2.10. The zero-order valence-electron chi connectivity index (χ0n) is 11.8. The van der Waals surface area contributed by atoms with Crippen molar-refractivity contribution in [2.45, 2.75) is 13.0 Å². The first kappa shape index (κ1) is 12.6. The quantitative estimate of drug-likeness (QED) is 0.904. The number of aromatic nitrogens is 2. The van der Waals surface area contributed by atoms with Gasteiger partial charge in [-0.05, 0) is 38.5 Å². The molecule has 1 aromatic carbocycles. The van der Waals surface area contributed by atoms with Crippen molar-refractivity contribution in [3.8, 4) is 0 Å². The van der Waals surface area contributed by atoms with E-state index >= 15 is 0 Å². The number of para-hydroxylation sites is 1. The van der Waals surface area contributed by atoms with E-state index in [0.717, 1.165) is 24.7 Å². The Morgan fingerprint density at radius 1 is 1.32 bits per heavy atom. The summed E-state index contributed by atoms with van der Waals surface area (Å²) in [4.78, 5) is 2.41. The van der Waals surface area contributed by atoms with Crippen LogP contribution in [0, 0.1) is 5.92 Å². The first-order valence-corrected chi connectivity index (χ1v) is 7.04. The average Bonchev–Trinajstić information content (AvgIpc) is 2.96. The summed E-state index contributed by atoms with van der Waals surface area (Å²) in [5.74, 6) is 0.792. The molecule has 1 saturated heterocycles. The molecule has 1 fully saturated rings. The van der Waals surface area contributed by atoms with Crippen LogP contribution in [0.4, 0.5) is 0 Å². The summed E-state index contributed by atoms with van der Waals surface area (Å²) in [6.45, 7) is 4.41. The molecule has 1 aliphatic heterocycles. The molecule has 1 aromatic heterocycles. The maximum Gasteiger partial charge on any atom is 0.0841 e. The van der Waals surface area contributed by atoms with Crippen LogP contribution in [0.1, 0.15) is 12.1 Å². The van der Waals surface area contributed by atoms with E-state index in [0.29, 0.717) is 0 Å². The van der Waals surface area contributed by atoms with Gasteiger partial charge in [0.05, 0.1) is 11.2 Å². The van der Waals surface area contributed by atoms with Crippen LogP contribution in [-0.2, 0) is 13.6 Å². The molecule has 4 nitrogen and oxygen atoms in total. The molecule has 1 N–H and O–H groups in total. The molecule has 0 aliphatic carbocycles. The van der Waals surface area contributed by atoms with Crippen molar-refractivity contribution < 1.29 is 0 Å². The zero-order valence-corrected chi connectivity index (χ0v) is 11.8. The molecule has 2 heterocycles. The molecule has 2 aromatic rings. The summed E-state index contributed by atoms with van der Waals surface area (Å²) in [5, 5.41) is 9.44. The number of benzene rings is 1. The lowest BCUT2D eigenvalue weighted by atomic mass is 10.1. The SMILES string of the molecule is CN1CCC(CNCc2nn(C)c3ccccc23)C1. The van der Waals surface area contributed by atoms with Crippen molar-refractivity contribution in [3.05, 3.63) is 30.0 Å². The molecule has 1 aliphatic rings. The number of fused-ring (bicyclic) bond motifs is 1. The maximum atomic E-state index is 4.61. The highest BCUT2D eigenvalue weighted by atomic mass is 15.3. The van der Waals surface area contributed by atoms with Crippen LogP contribution >= 0.6 is 0 Å². The van der Waals surface area contributed by atoms with Gasteiger partial charge < -0.3 is 10.2 Å². The minimum absolute atomic E-state index is 0.792. The summed E-state index contributed by atoms with van der Waals surface area (Å²) >= 11 is 0. The number of nitrogens with one attached hydrogen (secondary N) is 1. The Labute approximate surface area is 114 Å². The van der Waals surface area contributed by atoms with Gasteiger partial charge in [0, 0.05) is 25.5 Å². The molecule has 0 radical (unpaired) electrons. The highest BCUT2D eigenvalue weighted by Crippen LogP contribution is 2.18. The van der Waals surface area contributed by atoms with Gasteiger partial charge >= 0.3 is 0 Å². The van der Waals surface area contributed by atoms with E-state index in [9.17, 15) is 0 Å². The predicted octanol–water partition coefficient (Wildman–Crippen LogP) is 1.61. The van der Waals surface area contributed by atoms with E-state index in [1.807, 2.05) is 11.7 Å². The van der Waals surface area contributed by atoms with Gasteiger partial charge in [0.15, 0.2) is 0 Å². The van der Waals surface area contributed by atoms with Crippen LogP contribution in [-0.4, -0.2) is 41.4 Å². The summed E-state index contributed by atoms with van der Waals surface area (Å²) < 4.78 is 1.97. The fourth-order valence-corrected chi connectivity index (χ4v) is 3.01. The molecule has 1 atom stereocenters. The molecule has 4 heteroatoms. The standard InChI is InChI=1S/C15H22N4/c1-18-8-7-12(11-18)9-16-10-14-13-5-3-4-6-15(13)19(2)17-14/h3-6,12,16H,7-11H2,1-2H3. The normalized spacial score (nSPS) is 20.4. The number of likely N-dealkylation sites (tertiary alicyclic amines) is 1.